The Balaban J connectivity index is 1.55. The molecule has 2 heterocycles. The fourth-order valence-corrected chi connectivity index (χ4v) is 3.76. The predicted octanol–water partition coefficient (Wildman–Crippen LogP) is 2.62. The molecule has 0 unspecified atom stereocenters. The summed E-state index contributed by atoms with van der Waals surface area (Å²) in [5.74, 6) is -0.673. The van der Waals surface area contributed by atoms with E-state index in [1.54, 1.807) is 19.1 Å². The number of hydrogen-bond donors (Lipinski definition) is 2. The molecule has 35 heavy (non-hydrogen) atoms. The lowest BCUT2D eigenvalue weighted by atomic mass is 9.89. The second-order valence-electron chi connectivity index (χ2n) is 8.26. The number of nitrogens with one attached hydrogen (secondary N) is 2. The van der Waals surface area contributed by atoms with E-state index in [1.165, 1.54) is 12.1 Å². The van der Waals surface area contributed by atoms with Crippen molar-refractivity contribution in [3.63, 3.8) is 0 Å². The van der Waals surface area contributed by atoms with Crippen LogP contribution >= 0.6 is 0 Å². The van der Waals surface area contributed by atoms with Crippen molar-refractivity contribution in [3.05, 3.63) is 47.4 Å². The molecule has 190 valence electrons. The highest BCUT2D eigenvalue weighted by molar-refractivity contribution is 5.85. The molecule has 0 bridgehead atoms. The maximum absolute atomic E-state index is 12.9. The summed E-state index contributed by atoms with van der Waals surface area (Å²) in [4.78, 5) is 15.5. The molecule has 2 aromatic rings. The van der Waals surface area contributed by atoms with E-state index in [-0.39, 0.29) is 18.4 Å². The Hall–Kier alpha value is -3.41. The molecule has 2 N–H and O–H groups in total. The van der Waals surface area contributed by atoms with Crippen LogP contribution in [0.2, 0.25) is 0 Å². The van der Waals surface area contributed by atoms with Crippen LogP contribution in [-0.4, -0.2) is 79.6 Å². The average Bonchev–Trinajstić information content (AvgIpc) is 2.85. The lowest BCUT2D eigenvalue weighted by Gasteiger charge is -2.33. The van der Waals surface area contributed by atoms with E-state index >= 15 is 0 Å². The molecule has 0 saturated carbocycles. The minimum atomic E-state index is -4.89. The van der Waals surface area contributed by atoms with E-state index in [0.717, 1.165) is 18.4 Å². The molecule has 1 aromatic heterocycles. The van der Waals surface area contributed by atoms with E-state index in [1.807, 2.05) is 29.2 Å². The summed E-state index contributed by atoms with van der Waals surface area (Å²) in [5, 5.41) is 18.8. The highest BCUT2D eigenvalue weighted by atomic mass is 19.4. The molecule has 3 rings (SSSR count). The number of anilines is 1. The van der Waals surface area contributed by atoms with Gasteiger partial charge in [0.05, 0.1) is 6.61 Å². The first-order chi connectivity index (χ1) is 16.6. The Morgan fingerprint density at radius 1 is 1.17 bits per heavy atom. The highest BCUT2D eigenvalue weighted by Crippen LogP contribution is 2.30. The molecule has 1 amide bonds. The van der Waals surface area contributed by atoms with Crippen molar-refractivity contribution in [2.45, 2.75) is 24.9 Å². The molecule has 0 atom stereocenters. The van der Waals surface area contributed by atoms with E-state index in [9.17, 15) is 18.0 Å². The van der Waals surface area contributed by atoms with Crippen LogP contribution in [-0.2, 0) is 9.53 Å². The minimum Gasteiger partial charge on any atom is -0.484 e. The Labute approximate surface area is 201 Å². The van der Waals surface area contributed by atoms with Crippen LogP contribution in [0.3, 0.4) is 0 Å². The zero-order valence-electron chi connectivity index (χ0n) is 19.6. The summed E-state index contributed by atoms with van der Waals surface area (Å²) < 4.78 is 49.6. The first kappa shape index (κ1) is 26.2. The molecule has 1 saturated heterocycles. The summed E-state index contributed by atoms with van der Waals surface area (Å²) in [7, 11) is 3.27. The molecule has 1 aliphatic heterocycles. The number of likely N-dealkylation sites (N-methyl/N-ethyl adjacent to an activating group) is 1. The molecule has 0 aliphatic carbocycles. The number of nitrogens with zero attached hydrogens (tertiary/aromatic N) is 4. The number of rotatable bonds is 8. The highest BCUT2D eigenvalue weighted by Gasteiger charge is 2.37. The second-order valence-corrected chi connectivity index (χ2v) is 8.26. The number of hydrogen-bond acceptors (Lipinski definition) is 7. The zero-order valence-corrected chi connectivity index (χ0v) is 19.6. The predicted molar refractivity (Wildman–Crippen MR) is 123 cm³/mol. The standard InChI is InChI=1S/C23H29F3N6O3/c1-30(13-14-34-2)21(33)15-35-18-5-3-16(4-6-18)17-9-11-31(12-10-17)20-8-7-19(27)32(29-20)22(28)23(24,25)26/h3-8,17,27-28H,9-15H2,1-2H3. The van der Waals surface area contributed by atoms with Crippen LogP contribution in [0.4, 0.5) is 19.0 Å². The van der Waals surface area contributed by atoms with Gasteiger partial charge in [-0.25, -0.2) is 0 Å². The van der Waals surface area contributed by atoms with Gasteiger partial charge in [0.1, 0.15) is 17.1 Å². The molecular formula is C23H29F3N6O3. The number of aromatic nitrogens is 2. The number of alkyl halides is 3. The van der Waals surface area contributed by atoms with Crippen LogP contribution in [0.15, 0.2) is 36.4 Å². The van der Waals surface area contributed by atoms with Crippen molar-refractivity contribution < 1.29 is 27.4 Å². The Bertz CT molecular complexity index is 1080. The molecular weight excluding hydrogens is 465 g/mol. The quantitative estimate of drug-likeness (QED) is 0.433. The number of piperidine rings is 1. The number of ether oxygens (including phenoxy) is 2. The first-order valence-electron chi connectivity index (χ1n) is 11.1. The lowest BCUT2D eigenvalue weighted by molar-refractivity contribution is -0.132. The third-order valence-electron chi connectivity index (χ3n) is 5.89. The molecule has 0 spiro atoms. The zero-order chi connectivity index (χ0) is 25.6. The molecule has 1 fully saturated rings. The minimum absolute atomic E-state index is 0.0616. The van der Waals surface area contributed by atoms with Gasteiger partial charge in [-0.2, -0.15) is 17.9 Å². The van der Waals surface area contributed by atoms with Gasteiger partial charge in [-0.1, -0.05) is 12.1 Å². The monoisotopic (exact) mass is 494 g/mol. The van der Waals surface area contributed by atoms with E-state index < -0.39 is 17.5 Å². The third kappa shape index (κ3) is 6.81. The average molecular weight is 495 g/mol. The smallest absolute Gasteiger partial charge is 0.451 e. The van der Waals surface area contributed by atoms with Crippen molar-refractivity contribution in [1.29, 1.82) is 10.8 Å². The van der Waals surface area contributed by atoms with Crippen LogP contribution < -0.4 is 15.1 Å². The number of carbonyl (C=O) groups is 1. The summed E-state index contributed by atoms with van der Waals surface area (Å²) in [6.45, 7) is 2.04. The van der Waals surface area contributed by atoms with Gasteiger partial charge in [-0.3, -0.25) is 15.6 Å². The van der Waals surface area contributed by atoms with Crippen molar-refractivity contribution in [2.24, 2.45) is 0 Å². The topological polar surface area (TPSA) is 108 Å². The van der Waals surface area contributed by atoms with Gasteiger partial charge >= 0.3 is 6.18 Å². The molecule has 1 aromatic carbocycles. The largest absolute Gasteiger partial charge is 0.484 e. The van der Waals surface area contributed by atoms with E-state index in [4.69, 9.17) is 20.3 Å². The van der Waals surface area contributed by atoms with Crippen molar-refractivity contribution >= 4 is 17.6 Å². The summed E-state index contributed by atoms with van der Waals surface area (Å²) in [6, 6.07) is 10.3. The number of halogens is 3. The Kier molecular flexibility index (Phi) is 8.49. The number of methoxy groups -OCH3 is 1. The summed E-state index contributed by atoms with van der Waals surface area (Å²) in [5.41, 5.74) is 0.612. The molecule has 1 aliphatic rings. The molecule has 0 radical (unpaired) electrons. The fourth-order valence-electron chi connectivity index (χ4n) is 3.76. The van der Waals surface area contributed by atoms with Crippen LogP contribution in [0.1, 0.15) is 24.3 Å². The number of benzene rings is 1. The Morgan fingerprint density at radius 2 is 1.83 bits per heavy atom. The van der Waals surface area contributed by atoms with Gasteiger partial charge in [0.15, 0.2) is 6.61 Å². The van der Waals surface area contributed by atoms with Gasteiger partial charge in [0.2, 0.25) is 5.84 Å². The molecule has 12 heteroatoms. The van der Waals surface area contributed by atoms with E-state index in [2.05, 4.69) is 5.10 Å². The third-order valence-corrected chi connectivity index (χ3v) is 5.89. The number of carbonyl (C=O) groups excluding carboxylic acids is 1. The number of amides is 1. The Morgan fingerprint density at radius 3 is 2.43 bits per heavy atom. The maximum atomic E-state index is 12.9. The lowest BCUT2D eigenvalue weighted by Crippen LogP contribution is -2.40. The van der Waals surface area contributed by atoms with Crippen molar-refractivity contribution in [1.82, 2.24) is 14.7 Å². The fraction of sp³-hybridized carbons (Fsp3) is 0.478. The first-order valence-corrected chi connectivity index (χ1v) is 11.1. The summed E-state index contributed by atoms with van der Waals surface area (Å²) >= 11 is 0. The second kappa shape index (κ2) is 11.3. The summed E-state index contributed by atoms with van der Waals surface area (Å²) in [6.07, 6.45) is -3.35. The molecule has 9 nitrogen and oxygen atoms in total. The van der Waals surface area contributed by atoms with Gasteiger partial charge in [-0.15, -0.1) is 5.10 Å². The van der Waals surface area contributed by atoms with Crippen LogP contribution in [0.5, 0.6) is 5.75 Å². The van der Waals surface area contributed by atoms with Crippen LogP contribution in [0.25, 0.3) is 0 Å². The normalized spacial score (nSPS) is 14.6. The van der Waals surface area contributed by atoms with Crippen molar-refractivity contribution in [2.75, 3.05) is 51.9 Å². The van der Waals surface area contributed by atoms with Gasteiger partial charge in [-0.05, 0) is 48.6 Å². The van der Waals surface area contributed by atoms with Gasteiger partial charge in [0, 0.05) is 33.8 Å². The van der Waals surface area contributed by atoms with E-state index in [0.29, 0.717) is 42.5 Å². The SMILES string of the molecule is COCCN(C)C(=O)COc1ccc(C2CCN(c3ccc(=N)n(C(=N)C(F)(F)F)n3)CC2)cc1. The van der Waals surface area contributed by atoms with Gasteiger partial charge < -0.3 is 19.3 Å². The van der Waals surface area contributed by atoms with Crippen LogP contribution in [0, 0.1) is 10.8 Å². The van der Waals surface area contributed by atoms with Crippen molar-refractivity contribution in [3.8, 4) is 5.75 Å². The maximum Gasteiger partial charge on any atom is 0.451 e. The van der Waals surface area contributed by atoms with Gasteiger partial charge in [0.25, 0.3) is 5.91 Å².